The fourth-order valence-electron chi connectivity index (χ4n) is 5.08. The van der Waals surface area contributed by atoms with Crippen LogP contribution in [-0.2, 0) is 4.79 Å². The van der Waals surface area contributed by atoms with Gasteiger partial charge in [-0.05, 0) is 58.9 Å². The minimum Gasteiger partial charge on any atom is -0.497 e. The van der Waals surface area contributed by atoms with E-state index in [2.05, 4.69) is 53.8 Å². The minimum absolute atomic E-state index is 0.0142. The van der Waals surface area contributed by atoms with Gasteiger partial charge in [-0.2, -0.15) is 0 Å². The Labute approximate surface area is 176 Å². The largest absolute Gasteiger partial charge is 0.497 e. The van der Waals surface area contributed by atoms with Crippen molar-refractivity contribution < 1.29 is 14.3 Å². The summed E-state index contributed by atoms with van der Waals surface area (Å²) in [5, 5.41) is 3.10. The molecule has 3 aliphatic rings. The van der Waals surface area contributed by atoms with Gasteiger partial charge in [-0.3, -0.25) is 4.79 Å². The van der Waals surface area contributed by atoms with Crippen LogP contribution in [0.2, 0.25) is 0 Å². The maximum absolute atomic E-state index is 12.4. The molecule has 6 rings (SSSR count). The number of fused-ring (bicyclic) bond motifs is 1. The third kappa shape index (κ3) is 3.32. The molecule has 0 fully saturated rings. The van der Waals surface area contributed by atoms with E-state index < -0.39 is 0 Å². The molecule has 0 heterocycles. The van der Waals surface area contributed by atoms with Gasteiger partial charge in [0, 0.05) is 18.4 Å². The highest BCUT2D eigenvalue weighted by Gasteiger charge is 2.42. The van der Waals surface area contributed by atoms with Gasteiger partial charge in [0.1, 0.15) is 11.5 Å². The zero-order valence-corrected chi connectivity index (χ0v) is 17.0. The van der Waals surface area contributed by atoms with Crippen LogP contribution in [0.15, 0.2) is 72.8 Å². The highest BCUT2D eigenvalue weighted by Crippen LogP contribution is 2.55. The predicted octanol–water partition coefficient (Wildman–Crippen LogP) is 4.49. The molecule has 0 saturated heterocycles. The first-order valence-corrected chi connectivity index (χ1v) is 10.5. The molecule has 2 bridgehead atoms. The first-order chi connectivity index (χ1) is 14.7. The molecule has 0 spiro atoms. The van der Waals surface area contributed by atoms with Gasteiger partial charge in [0.2, 0.25) is 0 Å². The van der Waals surface area contributed by atoms with Crippen molar-refractivity contribution in [2.45, 2.75) is 18.3 Å². The fraction of sp³-hybridized carbons (Fsp3) is 0.269. The molecule has 4 nitrogen and oxygen atoms in total. The number of carbonyl (C=O) groups is 1. The molecule has 4 heteroatoms. The van der Waals surface area contributed by atoms with Crippen molar-refractivity contribution >= 4 is 5.91 Å². The van der Waals surface area contributed by atoms with E-state index >= 15 is 0 Å². The molecule has 3 aliphatic carbocycles. The molecule has 3 aromatic carbocycles. The normalized spacial score (nSPS) is 20.8. The monoisotopic (exact) mass is 399 g/mol. The number of benzene rings is 3. The van der Waals surface area contributed by atoms with Crippen molar-refractivity contribution in [2.24, 2.45) is 5.92 Å². The zero-order chi connectivity index (χ0) is 20.5. The van der Waals surface area contributed by atoms with Crippen LogP contribution < -0.4 is 14.8 Å². The number of amides is 1. The molecule has 152 valence electrons. The topological polar surface area (TPSA) is 47.6 Å². The predicted molar refractivity (Wildman–Crippen MR) is 116 cm³/mol. The minimum atomic E-state index is -0.0890. The summed E-state index contributed by atoms with van der Waals surface area (Å²) in [6, 6.07) is 24.8. The molecule has 30 heavy (non-hydrogen) atoms. The quantitative estimate of drug-likeness (QED) is 0.664. The number of rotatable bonds is 6. The Morgan fingerprint density at radius 2 is 1.43 bits per heavy atom. The van der Waals surface area contributed by atoms with E-state index in [1.165, 1.54) is 22.3 Å². The van der Waals surface area contributed by atoms with Crippen molar-refractivity contribution in [3.63, 3.8) is 0 Å². The van der Waals surface area contributed by atoms with Gasteiger partial charge < -0.3 is 14.8 Å². The number of nitrogens with one attached hydrogen (secondary N) is 1. The molecule has 1 atom stereocenters. The summed E-state index contributed by atoms with van der Waals surface area (Å²) in [5.74, 6) is 2.48. The number of ether oxygens (including phenoxy) is 2. The van der Waals surface area contributed by atoms with E-state index in [0.717, 1.165) is 12.2 Å². The van der Waals surface area contributed by atoms with Crippen molar-refractivity contribution in [3.05, 3.63) is 95.1 Å². The molecule has 3 aromatic rings. The van der Waals surface area contributed by atoms with E-state index in [1.807, 2.05) is 12.1 Å². The summed E-state index contributed by atoms with van der Waals surface area (Å²) in [6.45, 7) is 0.676. The second-order valence-electron chi connectivity index (χ2n) is 8.05. The smallest absolute Gasteiger partial charge is 0.257 e. The summed E-state index contributed by atoms with van der Waals surface area (Å²) in [5.41, 5.74) is 5.74. The first-order valence-electron chi connectivity index (χ1n) is 10.5. The van der Waals surface area contributed by atoms with Gasteiger partial charge in [0.15, 0.2) is 6.61 Å². The second kappa shape index (κ2) is 7.86. The number of hydrogen-bond acceptors (Lipinski definition) is 3. The Morgan fingerprint density at radius 3 is 2.03 bits per heavy atom. The Hall–Kier alpha value is -3.27. The van der Waals surface area contributed by atoms with E-state index in [4.69, 9.17) is 9.47 Å². The lowest BCUT2D eigenvalue weighted by molar-refractivity contribution is -0.123. The molecular formula is C26H25NO3. The molecule has 0 saturated carbocycles. The Balaban J connectivity index is 1.25. The number of methoxy groups -OCH3 is 1. The van der Waals surface area contributed by atoms with E-state index in [9.17, 15) is 4.79 Å². The van der Waals surface area contributed by atoms with Gasteiger partial charge in [-0.25, -0.2) is 0 Å². The molecular weight excluding hydrogens is 374 g/mol. The fourth-order valence-corrected chi connectivity index (χ4v) is 5.08. The summed E-state index contributed by atoms with van der Waals surface area (Å²) in [6.07, 6.45) is 1.07. The Morgan fingerprint density at radius 1 is 0.867 bits per heavy atom. The molecule has 0 aromatic heterocycles. The highest BCUT2D eigenvalue weighted by molar-refractivity contribution is 5.77. The summed E-state index contributed by atoms with van der Waals surface area (Å²) in [4.78, 5) is 12.4. The first kappa shape index (κ1) is 18.7. The van der Waals surface area contributed by atoms with Crippen molar-refractivity contribution in [3.8, 4) is 11.5 Å². The Kier molecular flexibility index (Phi) is 4.91. The lowest BCUT2D eigenvalue weighted by atomic mass is 9.59. The lowest BCUT2D eigenvalue weighted by Crippen LogP contribution is -2.40. The van der Waals surface area contributed by atoms with Gasteiger partial charge in [0.25, 0.3) is 5.91 Å². The van der Waals surface area contributed by atoms with Crippen LogP contribution in [0.3, 0.4) is 0 Å². The van der Waals surface area contributed by atoms with Crippen LogP contribution in [0.25, 0.3) is 0 Å². The average molecular weight is 399 g/mol. The molecule has 0 aliphatic heterocycles. The number of hydrogen-bond donors (Lipinski definition) is 1. The molecule has 1 amide bonds. The van der Waals surface area contributed by atoms with Crippen LogP contribution in [0.1, 0.15) is 40.5 Å². The maximum Gasteiger partial charge on any atom is 0.257 e. The van der Waals surface area contributed by atoms with E-state index in [0.29, 0.717) is 30.0 Å². The van der Waals surface area contributed by atoms with Crippen molar-refractivity contribution in [2.75, 3.05) is 20.3 Å². The van der Waals surface area contributed by atoms with Crippen LogP contribution in [-0.4, -0.2) is 26.2 Å². The average Bonchev–Trinajstić information content (AvgIpc) is 2.82. The molecule has 0 radical (unpaired) electrons. The highest BCUT2D eigenvalue weighted by atomic mass is 16.5. The summed E-state index contributed by atoms with van der Waals surface area (Å²) >= 11 is 0. The molecule has 1 unspecified atom stereocenters. The maximum atomic E-state index is 12.4. The van der Waals surface area contributed by atoms with Crippen LogP contribution in [0.5, 0.6) is 11.5 Å². The van der Waals surface area contributed by atoms with E-state index in [1.54, 1.807) is 19.2 Å². The number of carbonyl (C=O) groups excluding carboxylic acids is 1. The SMILES string of the molecule is COc1ccc(OCC(=O)NCC2CC3c4ccccc4C2c2ccccc23)cc1. The summed E-state index contributed by atoms with van der Waals surface area (Å²) < 4.78 is 10.8. The van der Waals surface area contributed by atoms with E-state index in [-0.39, 0.29) is 12.5 Å². The van der Waals surface area contributed by atoms with Gasteiger partial charge >= 0.3 is 0 Å². The van der Waals surface area contributed by atoms with Crippen LogP contribution >= 0.6 is 0 Å². The third-order valence-corrected chi connectivity index (χ3v) is 6.41. The Bertz CT molecular complexity index is 1010. The van der Waals surface area contributed by atoms with Crippen LogP contribution in [0.4, 0.5) is 0 Å². The van der Waals surface area contributed by atoms with Crippen LogP contribution in [0, 0.1) is 5.92 Å². The lowest BCUT2D eigenvalue weighted by Gasteiger charge is -2.45. The zero-order valence-electron chi connectivity index (χ0n) is 17.0. The van der Waals surface area contributed by atoms with Gasteiger partial charge in [-0.1, -0.05) is 48.5 Å². The standard InChI is InChI=1S/C26H25NO3/c1-29-18-10-12-19(13-11-18)30-16-25(28)27-15-17-14-24-20-6-2-4-8-22(20)26(17)23-9-5-3-7-21(23)24/h2-13,17,24,26H,14-16H2,1H3,(H,27,28). The van der Waals surface area contributed by atoms with Crippen molar-refractivity contribution in [1.82, 2.24) is 5.32 Å². The third-order valence-electron chi connectivity index (χ3n) is 6.41. The summed E-state index contributed by atoms with van der Waals surface area (Å²) in [7, 11) is 1.62. The second-order valence-corrected chi connectivity index (χ2v) is 8.05. The van der Waals surface area contributed by atoms with Crippen molar-refractivity contribution in [1.29, 1.82) is 0 Å². The van der Waals surface area contributed by atoms with Gasteiger partial charge in [0.05, 0.1) is 7.11 Å². The van der Waals surface area contributed by atoms with Gasteiger partial charge in [-0.15, -0.1) is 0 Å². The molecule has 1 N–H and O–H groups in total.